The van der Waals surface area contributed by atoms with Gasteiger partial charge in [0.05, 0.1) is 5.52 Å². The van der Waals surface area contributed by atoms with Gasteiger partial charge in [-0.25, -0.2) is 9.55 Å². The summed E-state index contributed by atoms with van der Waals surface area (Å²) in [6.45, 7) is 0. The van der Waals surface area contributed by atoms with Crippen LogP contribution in [-0.2, 0) is 5.75 Å². The minimum Gasteiger partial charge on any atom is -0.358 e. The number of nitrogens with one attached hydrogen (secondary N) is 1. The monoisotopic (exact) mass is 353 g/mol. The molecule has 120 valence electrons. The summed E-state index contributed by atoms with van der Waals surface area (Å²) in [4.78, 5) is 17.1. The Labute approximate surface area is 148 Å². The maximum Gasteiger partial charge on any atom is 0.257 e. The molecule has 0 bridgehead atoms. The van der Waals surface area contributed by atoms with Crippen molar-refractivity contribution in [3.63, 3.8) is 0 Å². The van der Waals surface area contributed by atoms with E-state index >= 15 is 0 Å². The van der Waals surface area contributed by atoms with Gasteiger partial charge in [-0.15, -0.1) is 0 Å². The Balaban J connectivity index is 1.55. The van der Waals surface area contributed by atoms with Crippen molar-refractivity contribution in [2.75, 3.05) is 11.1 Å². The Morgan fingerprint density at radius 3 is 2.71 bits per heavy atom. The van der Waals surface area contributed by atoms with Crippen LogP contribution in [0.15, 0.2) is 54.6 Å². The quantitative estimate of drug-likeness (QED) is 0.715. The van der Waals surface area contributed by atoms with E-state index in [1.165, 1.54) is 10.1 Å². The maximum absolute atomic E-state index is 12.7. The molecule has 2 heterocycles. The Hall–Kier alpha value is -2.18. The third kappa shape index (κ3) is 2.72. The van der Waals surface area contributed by atoms with E-state index in [0.29, 0.717) is 10.5 Å². The van der Waals surface area contributed by atoms with Gasteiger partial charge in [0.25, 0.3) is 5.91 Å². The number of para-hydroxylation sites is 1. The highest BCUT2D eigenvalue weighted by Crippen LogP contribution is 2.29. The molecule has 6 heteroatoms. The average Bonchev–Trinajstić information content (AvgIpc) is 2.94. The first kappa shape index (κ1) is 15.4. The Kier molecular flexibility index (Phi) is 4.08. The van der Waals surface area contributed by atoms with Crippen molar-refractivity contribution in [2.24, 2.45) is 0 Å². The molecule has 2 aromatic carbocycles. The van der Waals surface area contributed by atoms with E-state index in [-0.39, 0.29) is 11.9 Å². The first-order valence-corrected chi connectivity index (χ1v) is 9.24. The molecule has 1 atom stereocenters. The van der Waals surface area contributed by atoms with Gasteiger partial charge in [-0.3, -0.25) is 4.79 Å². The molecular formula is C18H15N3OS2. The van der Waals surface area contributed by atoms with E-state index in [0.717, 1.165) is 22.5 Å². The zero-order chi connectivity index (χ0) is 16.5. The van der Waals surface area contributed by atoms with Gasteiger partial charge >= 0.3 is 0 Å². The van der Waals surface area contributed by atoms with Crippen molar-refractivity contribution >= 4 is 46.6 Å². The van der Waals surface area contributed by atoms with Gasteiger partial charge in [0.15, 0.2) is 0 Å². The summed E-state index contributed by atoms with van der Waals surface area (Å²) in [7, 11) is 0. The van der Waals surface area contributed by atoms with Gasteiger partial charge in [-0.05, 0) is 29.9 Å². The van der Waals surface area contributed by atoms with Gasteiger partial charge in [-0.1, -0.05) is 42.5 Å². The van der Waals surface area contributed by atoms with Crippen LogP contribution in [0, 0.1) is 4.77 Å². The van der Waals surface area contributed by atoms with Crippen LogP contribution in [0.5, 0.6) is 0 Å². The van der Waals surface area contributed by atoms with Crippen LogP contribution < -0.4 is 5.32 Å². The molecule has 0 saturated heterocycles. The highest BCUT2D eigenvalue weighted by molar-refractivity contribution is 7.98. The predicted molar refractivity (Wildman–Crippen MR) is 101 cm³/mol. The molecule has 0 unspecified atom stereocenters. The van der Waals surface area contributed by atoms with Gasteiger partial charge in [0, 0.05) is 16.9 Å². The summed E-state index contributed by atoms with van der Waals surface area (Å²) >= 11 is 7.05. The Bertz CT molecular complexity index is 969. The summed E-state index contributed by atoms with van der Waals surface area (Å²) < 4.78 is 1.85. The predicted octanol–water partition coefficient (Wildman–Crippen LogP) is 4.13. The van der Waals surface area contributed by atoms with E-state index in [9.17, 15) is 4.79 Å². The third-order valence-electron chi connectivity index (χ3n) is 4.02. The number of rotatable bonds is 4. The van der Waals surface area contributed by atoms with Crippen LogP contribution in [0.3, 0.4) is 0 Å². The van der Waals surface area contributed by atoms with Gasteiger partial charge < -0.3 is 5.32 Å². The van der Waals surface area contributed by atoms with E-state index in [1.54, 1.807) is 11.8 Å². The van der Waals surface area contributed by atoms with Crippen molar-refractivity contribution in [1.29, 1.82) is 0 Å². The van der Waals surface area contributed by atoms with Crippen LogP contribution >= 0.6 is 24.0 Å². The molecule has 0 amide bonds. The molecule has 0 fully saturated rings. The largest absolute Gasteiger partial charge is 0.358 e. The lowest BCUT2D eigenvalue weighted by molar-refractivity contribution is 0.0913. The normalized spacial score (nSPS) is 16.2. The van der Waals surface area contributed by atoms with Crippen LogP contribution in [0.2, 0.25) is 0 Å². The maximum atomic E-state index is 12.7. The zero-order valence-electron chi connectivity index (χ0n) is 12.8. The molecular weight excluding hydrogens is 338 g/mol. The Morgan fingerprint density at radius 1 is 1.12 bits per heavy atom. The minimum atomic E-state index is -0.270. The second-order valence-electron chi connectivity index (χ2n) is 5.63. The molecule has 24 heavy (non-hydrogen) atoms. The molecule has 0 aliphatic carbocycles. The lowest BCUT2D eigenvalue weighted by Crippen LogP contribution is -2.27. The number of aromatic nitrogens is 2. The molecule has 0 saturated carbocycles. The number of thioether (sulfide) groups is 1. The van der Waals surface area contributed by atoms with Crippen molar-refractivity contribution in [3.05, 3.63) is 64.9 Å². The average molecular weight is 353 g/mol. The number of carbonyl (C=O) groups is 1. The van der Waals surface area contributed by atoms with Crippen LogP contribution in [-0.4, -0.2) is 27.3 Å². The number of nitrogens with zero attached hydrogens (tertiary/aromatic N) is 2. The second-order valence-corrected chi connectivity index (χ2v) is 7.03. The molecule has 0 spiro atoms. The van der Waals surface area contributed by atoms with Crippen molar-refractivity contribution in [3.8, 4) is 0 Å². The van der Waals surface area contributed by atoms with E-state index in [1.807, 2.05) is 42.5 Å². The summed E-state index contributed by atoms with van der Waals surface area (Å²) in [5.41, 5.74) is 2.07. The molecule has 1 aromatic heterocycles. The fraction of sp³-hybridized carbons (Fsp3) is 0.167. The highest BCUT2D eigenvalue weighted by atomic mass is 32.2. The first-order chi connectivity index (χ1) is 11.7. The number of benzene rings is 2. The number of hydrogen-bond acceptors (Lipinski definition) is 5. The van der Waals surface area contributed by atoms with Crippen molar-refractivity contribution < 1.29 is 4.79 Å². The lowest BCUT2D eigenvalue weighted by Gasteiger charge is -2.08. The topological polar surface area (TPSA) is 46.9 Å². The minimum absolute atomic E-state index is 0.0196. The fourth-order valence-electron chi connectivity index (χ4n) is 2.85. The summed E-state index contributed by atoms with van der Waals surface area (Å²) in [6, 6.07) is 17.7. The van der Waals surface area contributed by atoms with Crippen molar-refractivity contribution in [2.45, 2.75) is 11.8 Å². The number of anilines is 1. The van der Waals surface area contributed by atoms with Crippen LogP contribution in [0.4, 0.5) is 5.82 Å². The van der Waals surface area contributed by atoms with Gasteiger partial charge in [-0.2, -0.15) is 11.8 Å². The smallest absolute Gasteiger partial charge is 0.257 e. The molecule has 1 N–H and O–H groups in total. The highest BCUT2D eigenvalue weighted by Gasteiger charge is 2.31. The van der Waals surface area contributed by atoms with Gasteiger partial charge in [0.2, 0.25) is 4.77 Å². The van der Waals surface area contributed by atoms with Crippen molar-refractivity contribution in [1.82, 2.24) is 9.55 Å². The van der Waals surface area contributed by atoms with E-state index < -0.39 is 0 Å². The van der Waals surface area contributed by atoms with Gasteiger partial charge in [0.1, 0.15) is 11.9 Å². The number of carbonyl (C=O) groups excluding carboxylic acids is 1. The van der Waals surface area contributed by atoms with E-state index in [2.05, 4.69) is 22.4 Å². The first-order valence-electron chi connectivity index (χ1n) is 7.68. The summed E-state index contributed by atoms with van der Waals surface area (Å²) in [6.07, 6.45) is 0. The standard InChI is InChI=1S/C18H15N3OS2/c22-17-15(11-24-10-12-6-2-1-3-7-12)19-16-13-8-4-5-9-14(13)20-18(23)21(16)17/h1-9,15,19H,10-11H2/t15-/m0/s1. The molecule has 4 nitrogen and oxygen atoms in total. The van der Waals surface area contributed by atoms with Crippen LogP contribution in [0.1, 0.15) is 10.4 Å². The van der Waals surface area contributed by atoms with Crippen LogP contribution in [0.25, 0.3) is 10.9 Å². The number of fused-ring (bicyclic) bond motifs is 3. The molecule has 3 aromatic rings. The molecule has 0 radical (unpaired) electrons. The van der Waals surface area contributed by atoms with E-state index in [4.69, 9.17) is 12.2 Å². The Morgan fingerprint density at radius 2 is 1.88 bits per heavy atom. The summed E-state index contributed by atoms with van der Waals surface area (Å²) in [5, 5.41) is 4.27. The second kappa shape index (κ2) is 6.37. The number of hydrogen-bond donors (Lipinski definition) is 1. The fourth-order valence-corrected chi connectivity index (χ4v) is 4.14. The molecule has 1 aliphatic heterocycles. The molecule has 1 aliphatic rings. The SMILES string of the molecule is O=C1[C@H](CSCc2ccccc2)Nc2c3ccccc3nc(=S)n21. The zero-order valence-corrected chi connectivity index (χ0v) is 14.4. The molecule has 4 rings (SSSR count). The lowest BCUT2D eigenvalue weighted by atomic mass is 10.2. The third-order valence-corrected chi connectivity index (χ3v) is 5.40. The summed E-state index contributed by atoms with van der Waals surface area (Å²) in [5.74, 6) is 2.32.